The first-order chi connectivity index (χ1) is 13.5. The van der Waals surface area contributed by atoms with Crippen LogP contribution in [0.4, 0.5) is 4.79 Å². The molecule has 28 heavy (non-hydrogen) atoms. The van der Waals surface area contributed by atoms with E-state index >= 15 is 0 Å². The highest BCUT2D eigenvalue weighted by Gasteiger charge is 2.31. The first-order valence-electron chi connectivity index (χ1n) is 9.06. The van der Waals surface area contributed by atoms with E-state index in [1.54, 1.807) is 26.0 Å². The zero-order valence-corrected chi connectivity index (χ0v) is 17.2. The molecule has 0 bridgehead atoms. The van der Waals surface area contributed by atoms with Gasteiger partial charge in [-0.3, -0.25) is 14.7 Å². The van der Waals surface area contributed by atoms with E-state index in [0.717, 1.165) is 12.8 Å². The summed E-state index contributed by atoms with van der Waals surface area (Å²) >= 11 is 7.40. The van der Waals surface area contributed by atoms with Gasteiger partial charge in [-0.2, -0.15) is 0 Å². The topological polar surface area (TPSA) is 98.1 Å². The SMILES string of the molecule is CCNC(=O)NC(=O)C(C)Sc1nnc(COc2ccccc2Cl)n1C1CC1. The lowest BCUT2D eigenvalue weighted by atomic mass is 10.3. The number of ether oxygens (including phenoxy) is 1. The molecule has 2 N–H and O–H groups in total. The summed E-state index contributed by atoms with van der Waals surface area (Å²) in [5.41, 5.74) is 0. The van der Waals surface area contributed by atoms with Crippen LogP contribution in [-0.2, 0) is 11.4 Å². The van der Waals surface area contributed by atoms with E-state index in [-0.39, 0.29) is 12.5 Å². The van der Waals surface area contributed by atoms with E-state index in [0.29, 0.717) is 34.3 Å². The highest BCUT2D eigenvalue weighted by Crippen LogP contribution is 2.39. The van der Waals surface area contributed by atoms with Crippen LogP contribution in [0.25, 0.3) is 0 Å². The molecule has 1 unspecified atom stereocenters. The highest BCUT2D eigenvalue weighted by molar-refractivity contribution is 8.00. The standard InChI is InChI=1S/C18H22ClN5O3S/c1-3-20-17(26)21-16(25)11(2)28-18-23-22-15(24(18)12-8-9-12)10-27-14-7-5-4-6-13(14)19/h4-7,11-12H,3,8-10H2,1-2H3,(H2,20,21,25,26). The van der Waals surface area contributed by atoms with Gasteiger partial charge < -0.3 is 10.1 Å². The summed E-state index contributed by atoms with van der Waals surface area (Å²) in [7, 11) is 0. The van der Waals surface area contributed by atoms with E-state index in [1.807, 2.05) is 16.7 Å². The number of thioether (sulfide) groups is 1. The summed E-state index contributed by atoms with van der Waals surface area (Å²) in [6, 6.07) is 7.05. The van der Waals surface area contributed by atoms with Gasteiger partial charge in [0.1, 0.15) is 12.4 Å². The molecule has 150 valence electrons. The van der Waals surface area contributed by atoms with Gasteiger partial charge in [0, 0.05) is 12.6 Å². The van der Waals surface area contributed by atoms with Crippen LogP contribution in [0.15, 0.2) is 29.4 Å². The van der Waals surface area contributed by atoms with Gasteiger partial charge in [0.25, 0.3) is 0 Å². The Labute approximate surface area is 172 Å². The predicted octanol–water partition coefficient (Wildman–Crippen LogP) is 3.17. The smallest absolute Gasteiger partial charge is 0.321 e. The summed E-state index contributed by atoms with van der Waals surface area (Å²) < 4.78 is 7.80. The molecule has 1 aliphatic rings. The summed E-state index contributed by atoms with van der Waals surface area (Å²) in [5, 5.41) is 14.0. The molecule has 1 fully saturated rings. The number of nitrogens with one attached hydrogen (secondary N) is 2. The van der Waals surface area contributed by atoms with Gasteiger partial charge in [-0.1, -0.05) is 35.5 Å². The second-order valence-corrected chi connectivity index (χ2v) is 8.04. The average molecular weight is 424 g/mol. The lowest BCUT2D eigenvalue weighted by Crippen LogP contribution is -2.42. The molecule has 1 aliphatic carbocycles. The monoisotopic (exact) mass is 423 g/mol. The van der Waals surface area contributed by atoms with Crippen molar-refractivity contribution in [1.82, 2.24) is 25.4 Å². The van der Waals surface area contributed by atoms with Crippen LogP contribution < -0.4 is 15.4 Å². The number of carbonyl (C=O) groups is 2. The Balaban J connectivity index is 1.66. The van der Waals surface area contributed by atoms with E-state index in [1.165, 1.54) is 11.8 Å². The number of para-hydroxylation sites is 1. The third-order valence-electron chi connectivity index (χ3n) is 4.07. The zero-order chi connectivity index (χ0) is 20.1. The van der Waals surface area contributed by atoms with Gasteiger partial charge >= 0.3 is 6.03 Å². The second kappa shape index (κ2) is 9.29. The number of rotatable bonds is 8. The largest absolute Gasteiger partial charge is 0.484 e. The fourth-order valence-electron chi connectivity index (χ4n) is 2.52. The van der Waals surface area contributed by atoms with Gasteiger partial charge in [0.05, 0.1) is 10.3 Å². The van der Waals surface area contributed by atoms with Crippen molar-refractivity contribution in [2.24, 2.45) is 0 Å². The lowest BCUT2D eigenvalue weighted by molar-refractivity contribution is -0.119. The second-order valence-electron chi connectivity index (χ2n) is 6.33. The van der Waals surface area contributed by atoms with Gasteiger partial charge in [-0.15, -0.1) is 10.2 Å². The van der Waals surface area contributed by atoms with E-state index in [9.17, 15) is 9.59 Å². The summed E-state index contributed by atoms with van der Waals surface area (Å²) in [6.45, 7) is 4.19. The Morgan fingerprint density at radius 2 is 2.11 bits per heavy atom. The molecule has 0 saturated heterocycles. The van der Waals surface area contributed by atoms with E-state index < -0.39 is 11.3 Å². The minimum Gasteiger partial charge on any atom is -0.484 e. The Hall–Kier alpha value is -2.26. The van der Waals surface area contributed by atoms with Crippen molar-refractivity contribution < 1.29 is 14.3 Å². The van der Waals surface area contributed by atoms with Crippen LogP contribution in [0.1, 0.15) is 38.6 Å². The summed E-state index contributed by atoms with van der Waals surface area (Å²) in [4.78, 5) is 23.7. The van der Waals surface area contributed by atoms with Crippen molar-refractivity contribution in [3.8, 4) is 5.75 Å². The Bertz CT molecular complexity index is 855. The molecule has 8 nitrogen and oxygen atoms in total. The predicted molar refractivity (Wildman–Crippen MR) is 107 cm³/mol. The lowest BCUT2D eigenvalue weighted by Gasteiger charge is -2.13. The number of urea groups is 1. The van der Waals surface area contributed by atoms with Gasteiger partial charge in [-0.05, 0) is 38.8 Å². The minimum atomic E-state index is -0.502. The molecule has 1 saturated carbocycles. The first kappa shape index (κ1) is 20.5. The number of carbonyl (C=O) groups excluding carboxylic acids is 2. The number of hydrogen-bond acceptors (Lipinski definition) is 6. The molecule has 0 radical (unpaired) electrons. The quantitative estimate of drug-likeness (QED) is 0.633. The van der Waals surface area contributed by atoms with Crippen LogP contribution in [-0.4, -0.2) is 38.5 Å². The maximum absolute atomic E-state index is 12.2. The molecular formula is C18H22ClN5O3S. The number of halogens is 1. The summed E-state index contributed by atoms with van der Waals surface area (Å²) in [6.07, 6.45) is 2.06. The fourth-order valence-corrected chi connectivity index (χ4v) is 3.65. The van der Waals surface area contributed by atoms with E-state index in [4.69, 9.17) is 16.3 Å². The maximum Gasteiger partial charge on any atom is 0.321 e. The number of aromatic nitrogens is 3. The van der Waals surface area contributed by atoms with Gasteiger partial charge in [-0.25, -0.2) is 4.79 Å². The third-order valence-corrected chi connectivity index (χ3v) is 5.44. The number of hydrogen-bond donors (Lipinski definition) is 2. The van der Waals surface area contributed by atoms with Crippen molar-refractivity contribution in [2.45, 2.75) is 49.7 Å². The number of amides is 3. The van der Waals surface area contributed by atoms with Crippen LogP contribution in [0.3, 0.4) is 0 Å². The molecular weight excluding hydrogens is 402 g/mol. The normalized spacial score (nSPS) is 14.4. The fraction of sp³-hybridized carbons (Fsp3) is 0.444. The molecule has 1 atom stereocenters. The van der Waals surface area contributed by atoms with Crippen LogP contribution in [0, 0.1) is 0 Å². The molecule has 10 heteroatoms. The number of imide groups is 1. The van der Waals surface area contributed by atoms with E-state index in [2.05, 4.69) is 20.8 Å². The Morgan fingerprint density at radius 1 is 1.36 bits per heavy atom. The molecule has 3 amide bonds. The third kappa shape index (κ3) is 5.17. The van der Waals surface area contributed by atoms with Crippen molar-refractivity contribution in [3.05, 3.63) is 35.1 Å². The highest BCUT2D eigenvalue weighted by atomic mass is 35.5. The molecule has 0 aliphatic heterocycles. The molecule has 0 spiro atoms. The number of nitrogens with zero attached hydrogens (tertiary/aromatic N) is 3. The summed E-state index contributed by atoms with van der Waals surface area (Å²) in [5.74, 6) is 0.884. The maximum atomic E-state index is 12.2. The van der Waals surface area contributed by atoms with Gasteiger partial charge in [0.15, 0.2) is 11.0 Å². The Morgan fingerprint density at radius 3 is 2.79 bits per heavy atom. The molecule has 3 rings (SSSR count). The minimum absolute atomic E-state index is 0.229. The van der Waals surface area contributed by atoms with Crippen molar-refractivity contribution in [2.75, 3.05) is 6.54 Å². The molecule has 1 aromatic heterocycles. The average Bonchev–Trinajstić information content (AvgIpc) is 3.42. The van der Waals surface area contributed by atoms with Crippen molar-refractivity contribution in [1.29, 1.82) is 0 Å². The van der Waals surface area contributed by atoms with Crippen molar-refractivity contribution in [3.63, 3.8) is 0 Å². The molecule has 1 aromatic carbocycles. The van der Waals surface area contributed by atoms with Crippen LogP contribution in [0.2, 0.25) is 5.02 Å². The van der Waals surface area contributed by atoms with Crippen LogP contribution >= 0.6 is 23.4 Å². The van der Waals surface area contributed by atoms with Crippen molar-refractivity contribution >= 4 is 35.3 Å². The molecule has 2 aromatic rings. The van der Waals surface area contributed by atoms with Crippen LogP contribution in [0.5, 0.6) is 5.75 Å². The Kier molecular flexibility index (Phi) is 6.79. The van der Waals surface area contributed by atoms with Gasteiger partial charge in [0.2, 0.25) is 5.91 Å². The molecule has 1 heterocycles. The number of benzene rings is 1. The zero-order valence-electron chi connectivity index (χ0n) is 15.6. The first-order valence-corrected chi connectivity index (χ1v) is 10.3.